The van der Waals surface area contributed by atoms with Gasteiger partial charge in [-0.2, -0.15) is 0 Å². The van der Waals surface area contributed by atoms with Gasteiger partial charge in [-0.1, -0.05) is 78.9 Å². The minimum absolute atomic E-state index is 1.20. The number of nitrogens with zero attached hydrogens (tertiary/aromatic N) is 1. The minimum atomic E-state index is 1.20. The summed E-state index contributed by atoms with van der Waals surface area (Å²) in [4.78, 5) is 0. The van der Waals surface area contributed by atoms with Crippen molar-refractivity contribution >= 4 is 64.1 Å². The van der Waals surface area contributed by atoms with Crippen LogP contribution in [0, 0.1) is 0 Å². The lowest BCUT2D eigenvalue weighted by molar-refractivity contribution is 1.19. The number of fused-ring (bicyclic) bond motifs is 10. The highest BCUT2D eigenvalue weighted by Gasteiger charge is 2.21. The Balaban J connectivity index is 1.91. The summed E-state index contributed by atoms with van der Waals surface area (Å²) in [6.45, 7) is 0. The van der Waals surface area contributed by atoms with E-state index in [0.717, 1.165) is 0 Å². The molecule has 0 amide bonds. The van der Waals surface area contributed by atoms with Gasteiger partial charge in [0, 0.05) is 42.0 Å². The first kappa shape index (κ1) is 16.2. The summed E-state index contributed by atoms with van der Waals surface area (Å²) in [5.41, 5.74) is 3.77. The molecule has 0 spiro atoms. The van der Waals surface area contributed by atoms with Gasteiger partial charge in [0.25, 0.3) is 0 Å². The van der Waals surface area contributed by atoms with Crippen LogP contribution in [-0.2, 0) is 0 Å². The van der Waals surface area contributed by atoms with E-state index >= 15 is 0 Å². The van der Waals surface area contributed by atoms with Crippen LogP contribution < -0.4 is 0 Å². The summed E-state index contributed by atoms with van der Waals surface area (Å²) in [7, 11) is 0. The van der Waals surface area contributed by atoms with Crippen LogP contribution in [-0.4, -0.2) is 4.57 Å². The zero-order chi connectivity index (χ0) is 19.7. The SMILES string of the molecule is c1ccc(-n2c3ccccc3c3c4ccccc4c4sc5ccccc5c4c32)cc1. The molecule has 0 bridgehead atoms. The van der Waals surface area contributed by atoms with Crippen molar-refractivity contribution in [3.63, 3.8) is 0 Å². The fourth-order valence-electron chi connectivity index (χ4n) is 4.96. The lowest BCUT2D eigenvalue weighted by Crippen LogP contribution is -1.93. The predicted octanol–water partition coefficient (Wildman–Crippen LogP) is 8.30. The number of hydrogen-bond donors (Lipinski definition) is 0. The maximum atomic E-state index is 2.46. The van der Waals surface area contributed by atoms with E-state index < -0.39 is 0 Å². The number of rotatable bonds is 1. The molecule has 0 saturated heterocycles. The van der Waals surface area contributed by atoms with E-state index in [9.17, 15) is 0 Å². The molecule has 2 aromatic heterocycles. The standard InChI is InChI=1S/C28H17NS/c1-2-10-18(11-3-1)29-23-16-8-6-14-21(23)25-19-12-4-5-13-20(19)28-26(27(25)29)22-15-7-9-17-24(22)30-28/h1-17H. The summed E-state index contributed by atoms with van der Waals surface area (Å²) < 4.78 is 5.17. The van der Waals surface area contributed by atoms with E-state index in [1.807, 2.05) is 11.3 Å². The van der Waals surface area contributed by atoms with Crippen LogP contribution in [0.25, 0.3) is 58.4 Å². The molecule has 2 heterocycles. The molecule has 0 radical (unpaired) electrons. The number of hydrogen-bond acceptors (Lipinski definition) is 1. The van der Waals surface area contributed by atoms with E-state index in [1.165, 1.54) is 58.4 Å². The average Bonchev–Trinajstić information content (AvgIpc) is 3.36. The third kappa shape index (κ3) is 2.01. The smallest absolute Gasteiger partial charge is 0.0640 e. The van der Waals surface area contributed by atoms with E-state index in [2.05, 4.69) is 108 Å². The van der Waals surface area contributed by atoms with Crippen molar-refractivity contribution in [2.24, 2.45) is 0 Å². The predicted molar refractivity (Wildman–Crippen MR) is 131 cm³/mol. The summed E-state index contributed by atoms with van der Waals surface area (Å²) in [6, 6.07) is 37.3. The lowest BCUT2D eigenvalue weighted by atomic mass is 10.00. The molecule has 1 nitrogen and oxygen atoms in total. The molecule has 0 unspecified atom stereocenters. The third-order valence-corrected chi connectivity index (χ3v) is 7.37. The minimum Gasteiger partial charge on any atom is -0.309 e. The van der Waals surface area contributed by atoms with Gasteiger partial charge < -0.3 is 4.57 Å². The van der Waals surface area contributed by atoms with Crippen LogP contribution >= 0.6 is 11.3 Å². The van der Waals surface area contributed by atoms with Crippen molar-refractivity contribution in [1.29, 1.82) is 0 Å². The summed E-state index contributed by atoms with van der Waals surface area (Å²) in [5, 5.41) is 8.04. The highest BCUT2D eigenvalue weighted by Crippen LogP contribution is 2.47. The molecule has 0 aliphatic carbocycles. The van der Waals surface area contributed by atoms with Crippen LogP contribution in [0.1, 0.15) is 0 Å². The zero-order valence-corrected chi connectivity index (χ0v) is 17.0. The van der Waals surface area contributed by atoms with Crippen LogP contribution in [0.4, 0.5) is 0 Å². The summed E-state index contributed by atoms with van der Waals surface area (Å²) >= 11 is 1.91. The highest BCUT2D eigenvalue weighted by molar-refractivity contribution is 7.27. The van der Waals surface area contributed by atoms with Gasteiger partial charge in [0.05, 0.1) is 11.0 Å². The topological polar surface area (TPSA) is 4.93 Å². The van der Waals surface area contributed by atoms with Crippen LogP contribution in [0.3, 0.4) is 0 Å². The molecule has 30 heavy (non-hydrogen) atoms. The lowest BCUT2D eigenvalue weighted by Gasteiger charge is -2.10. The third-order valence-electron chi connectivity index (χ3n) is 6.16. The molecule has 0 N–H and O–H groups in total. The Hall–Kier alpha value is -3.62. The molecular weight excluding hydrogens is 382 g/mol. The van der Waals surface area contributed by atoms with Gasteiger partial charge >= 0.3 is 0 Å². The van der Waals surface area contributed by atoms with Crippen LogP contribution in [0.5, 0.6) is 0 Å². The zero-order valence-electron chi connectivity index (χ0n) is 16.2. The van der Waals surface area contributed by atoms with Crippen molar-refractivity contribution in [1.82, 2.24) is 4.57 Å². The van der Waals surface area contributed by atoms with Crippen molar-refractivity contribution < 1.29 is 0 Å². The van der Waals surface area contributed by atoms with E-state index in [-0.39, 0.29) is 0 Å². The maximum absolute atomic E-state index is 2.46. The van der Waals surface area contributed by atoms with E-state index in [0.29, 0.717) is 0 Å². The van der Waals surface area contributed by atoms with Crippen LogP contribution in [0.15, 0.2) is 103 Å². The number of thiophene rings is 1. The second kappa shape index (κ2) is 5.94. The number of benzene rings is 5. The summed E-state index contributed by atoms with van der Waals surface area (Å²) in [5.74, 6) is 0. The van der Waals surface area contributed by atoms with Gasteiger partial charge in [-0.15, -0.1) is 11.3 Å². The first-order chi connectivity index (χ1) is 14.9. The van der Waals surface area contributed by atoms with Gasteiger partial charge in [-0.25, -0.2) is 0 Å². The normalized spacial score (nSPS) is 12.0. The molecule has 2 heteroatoms. The van der Waals surface area contributed by atoms with Crippen molar-refractivity contribution in [3.05, 3.63) is 103 Å². The van der Waals surface area contributed by atoms with Gasteiger partial charge in [-0.3, -0.25) is 0 Å². The molecule has 7 aromatic rings. The molecule has 0 atom stereocenters. The van der Waals surface area contributed by atoms with E-state index in [4.69, 9.17) is 0 Å². The number of aromatic nitrogens is 1. The molecular formula is C28H17NS. The molecule has 0 fully saturated rings. The van der Waals surface area contributed by atoms with Crippen LogP contribution in [0.2, 0.25) is 0 Å². The summed E-state index contributed by atoms with van der Waals surface area (Å²) in [6.07, 6.45) is 0. The Labute approximate surface area is 177 Å². The monoisotopic (exact) mass is 399 g/mol. The van der Waals surface area contributed by atoms with Gasteiger partial charge in [-0.05, 0) is 29.7 Å². The number of para-hydroxylation sites is 2. The molecule has 0 saturated carbocycles. The van der Waals surface area contributed by atoms with Crippen molar-refractivity contribution in [2.45, 2.75) is 0 Å². The first-order valence-electron chi connectivity index (χ1n) is 10.2. The highest BCUT2D eigenvalue weighted by atomic mass is 32.1. The Morgan fingerprint density at radius 2 is 1.13 bits per heavy atom. The fraction of sp³-hybridized carbons (Fsp3) is 0. The Morgan fingerprint density at radius 3 is 1.97 bits per heavy atom. The largest absolute Gasteiger partial charge is 0.309 e. The Morgan fingerprint density at radius 1 is 0.500 bits per heavy atom. The molecule has 0 aliphatic rings. The Bertz CT molecular complexity index is 1740. The van der Waals surface area contributed by atoms with Gasteiger partial charge in [0.1, 0.15) is 0 Å². The van der Waals surface area contributed by atoms with Crippen molar-refractivity contribution in [3.8, 4) is 5.69 Å². The molecule has 7 rings (SSSR count). The molecule has 0 aliphatic heterocycles. The van der Waals surface area contributed by atoms with Gasteiger partial charge in [0.15, 0.2) is 0 Å². The second-order valence-electron chi connectivity index (χ2n) is 7.76. The van der Waals surface area contributed by atoms with Gasteiger partial charge in [0.2, 0.25) is 0 Å². The quantitative estimate of drug-likeness (QED) is 0.262. The maximum Gasteiger partial charge on any atom is 0.0640 e. The fourth-order valence-corrected chi connectivity index (χ4v) is 6.21. The first-order valence-corrected chi connectivity index (χ1v) is 11.0. The molecule has 140 valence electrons. The second-order valence-corrected chi connectivity index (χ2v) is 8.81. The average molecular weight is 400 g/mol. The van der Waals surface area contributed by atoms with E-state index in [1.54, 1.807) is 0 Å². The molecule has 5 aromatic carbocycles. The Kier molecular flexibility index (Phi) is 3.21. The van der Waals surface area contributed by atoms with Crippen molar-refractivity contribution in [2.75, 3.05) is 0 Å².